The van der Waals surface area contributed by atoms with E-state index in [4.69, 9.17) is 4.52 Å². The van der Waals surface area contributed by atoms with Gasteiger partial charge in [-0.25, -0.2) is 9.37 Å². The van der Waals surface area contributed by atoms with E-state index in [0.29, 0.717) is 15.6 Å². The van der Waals surface area contributed by atoms with Gasteiger partial charge in [0.1, 0.15) is 17.1 Å². The van der Waals surface area contributed by atoms with Gasteiger partial charge in [-0.2, -0.15) is 0 Å². The van der Waals surface area contributed by atoms with Crippen LogP contribution in [0.2, 0.25) is 0 Å². The molecule has 3 aromatic heterocycles. The lowest BCUT2D eigenvalue weighted by Crippen LogP contribution is -2.30. The van der Waals surface area contributed by atoms with Crippen molar-refractivity contribution in [1.29, 1.82) is 0 Å². The highest BCUT2D eigenvalue weighted by Crippen LogP contribution is 2.32. The monoisotopic (exact) mass is 368 g/mol. The maximum atomic E-state index is 14.0. The van der Waals surface area contributed by atoms with Crippen LogP contribution >= 0.6 is 11.3 Å². The fourth-order valence-electron chi connectivity index (χ4n) is 2.52. The van der Waals surface area contributed by atoms with Crippen LogP contribution in [0.1, 0.15) is 21.8 Å². The molecule has 0 saturated heterocycles. The number of para-hydroxylation sites is 1. The van der Waals surface area contributed by atoms with E-state index < -0.39 is 5.82 Å². The third kappa shape index (κ3) is 3.06. The lowest BCUT2D eigenvalue weighted by molar-refractivity contribution is 0.0976. The highest BCUT2D eigenvalue weighted by molar-refractivity contribution is 7.22. The van der Waals surface area contributed by atoms with E-state index in [2.05, 4.69) is 15.1 Å². The quantitative estimate of drug-likeness (QED) is 0.545. The SMILES string of the molecule is Cc1cc(C(=O)N(Cc2cccnc2)c2nc3c(F)cccc3s2)no1. The van der Waals surface area contributed by atoms with Crippen LogP contribution in [-0.2, 0) is 6.54 Å². The molecule has 3 heterocycles. The Morgan fingerprint density at radius 1 is 1.31 bits per heavy atom. The summed E-state index contributed by atoms with van der Waals surface area (Å²) < 4.78 is 19.7. The van der Waals surface area contributed by atoms with Crippen molar-refractivity contribution >= 4 is 32.6 Å². The van der Waals surface area contributed by atoms with E-state index in [1.54, 1.807) is 43.6 Å². The first-order valence-electron chi connectivity index (χ1n) is 7.81. The molecule has 0 radical (unpaired) electrons. The normalized spacial score (nSPS) is 11.0. The fraction of sp³-hybridized carbons (Fsp3) is 0.111. The number of aryl methyl sites for hydroxylation is 1. The minimum Gasteiger partial charge on any atom is -0.361 e. The number of benzene rings is 1. The summed E-state index contributed by atoms with van der Waals surface area (Å²) in [5.41, 5.74) is 1.24. The number of anilines is 1. The Kier molecular flexibility index (Phi) is 4.18. The number of nitrogens with zero attached hydrogens (tertiary/aromatic N) is 4. The maximum absolute atomic E-state index is 14.0. The Balaban J connectivity index is 1.78. The summed E-state index contributed by atoms with van der Waals surface area (Å²) in [6.07, 6.45) is 3.33. The first kappa shape index (κ1) is 16.3. The maximum Gasteiger partial charge on any atom is 0.282 e. The third-order valence-electron chi connectivity index (χ3n) is 3.75. The van der Waals surface area contributed by atoms with Crippen LogP contribution in [-0.4, -0.2) is 21.0 Å². The second-order valence-electron chi connectivity index (χ2n) is 5.66. The van der Waals surface area contributed by atoms with Crippen molar-refractivity contribution < 1.29 is 13.7 Å². The molecular weight excluding hydrogens is 355 g/mol. The zero-order valence-electron chi connectivity index (χ0n) is 13.7. The minimum absolute atomic E-state index is 0.172. The molecule has 0 N–H and O–H groups in total. The Morgan fingerprint density at radius 3 is 2.88 bits per heavy atom. The molecule has 6 nitrogen and oxygen atoms in total. The molecule has 4 rings (SSSR count). The molecule has 4 aromatic rings. The van der Waals surface area contributed by atoms with Crippen molar-refractivity contribution in [2.45, 2.75) is 13.5 Å². The molecule has 0 aliphatic rings. The fourth-order valence-corrected chi connectivity index (χ4v) is 3.50. The summed E-state index contributed by atoms with van der Waals surface area (Å²) in [4.78, 5) is 22.8. The van der Waals surface area contributed by atoms with Gasteiger partial charge < -0.3 is 4.52 Å². The Bertz CT molecular complexity index is 1080. The molecule has 0 aliphatic carbocycles. The summed E-state index contributed by atoms with van der Waals surface area (Å²) in [6, 6.07) is 9.94. The number of carbonyl (C=O) groups excluding carboxylic acids is 1. The van der Waals surface area contributed by atoms with Gasteiger partial charge in [-0.1, -0.05) is 28.6 Å². The Hall–Kier alpha value is -3.13. The minimum atomic E-state index is -0.420. The number of aromatic nitrogens is 3. The van der Waals surface area contributed by atoms with E-state index in [9.17, 15) is 9.18 Å². The van der Waals surface area contributed by atoms with Gasteiger partial charge in [-0.3, -0.25) is 14.7 Å². The van der Waals surface area contributed by atoms with Crippen molar-refractivity contribution in [3.63, 3.8) is 0 Å². The number of fused-ring (bicyclic) bond motifs is 1. The standard InChI is InChI=1S/C18H13FN4O2S/c1-11-8-14(22-25-11)17(24)23(10-12-4-3-7-20-9-12)18-21-16-13(19)5-2-6-15(16)26-18/h2-9H,10H2,1H3. The molecule has 0 unspecified atom stereocenters. The first-order chi connectivity index (χ1) is 12.6. The second-order valence-corrected chi connectivity index (χ2v) is 6.67. The summed E-state index contributed by atoms with van der Waals surface area (Å²) in [6.45, 7) is 1.95. The second kappa shape index (κ2) is 6.64. The molecule has 0 spiro atoms. The molecule has 0 bridgehead atoms. The van der Waals surface area contributed by atoms with Crippen LogP contribution in [0.15, 0.2) is 53.3 Å². The molecular formula is C18H13FN4O2S. The van der Waals surface area contributed by atoms with Gasteiger partial charge in [0.25, 0.3) is 5.91 Å². The molecule has 0 saturated carbocycles. The smallest absolute Gasteiger partial charge is 0.282 e. The average Bonchev–Trinajstić information content (AvgIpc) is 3.27. The van der Waals surface area contributed by atoms with E-state index in [1.165, 1.54) is 22.3 Å². The van der Waals surface area contributed by atoms with Crippen molar-refractivity contribution in [2.75, 3.05) is 4.90 Å². The van der Waals surface area contributed by atoms with Crippen molar-refractivity contribution in [3.05, 3.63) is 71.6 Å². The molecule has 8 heteroatoms. The van der Waals surface area contributed by atoms with Gasteiger partial charge in [0.2, 0.25) is 0 Å². The van der Waals surface area contributed by atoms with Crippen molar-refractivity contribution in [3.8, 4) is 0 Å². The number of halogens is 1. The van der Waals surface area contributed by atoms with Crippen molar-refractivity contribution in [1.82, 2.24) is 15.1 Å². The lowest BCUT2D eigenvalue weighted by atomic mass is 10.2. The van der Waals surface area contributed by atoms with Crippen LogP contribution in [0.5, 0.6) is 0 Å². The van der Waals surface area contributed by atoms with Gasteiger partial charge in [0.15, 0.2) is 10.8 Å². The number of rotatable bonds is 4. The van der Waals surface area contributed by atoms with Crippen molar-refractivity contribution in [2.24, 2.45) is 0 Å². The van der Waals surface area contributed by atoms with Gasteiger partial charge in [-0.15, -0.1) is 0 Å². The van der Waals surface area contributed by atoms with Gasteiger partial charge in [0, 0.05) is 18.5 Å². The molecule has 1 aromatic carbocycles. The van der Waals surface area contributed by atoms with E-state index in [0.717, 1.165) is 5.56 Å². The zero-order chi connectivity index (χ0) is 18.1. The summed E-state index contributed by atoms with van der Waals surface area (Å²) in [7, 11) is 0. The van der Waals surface area contributed by atoms with Gasteiger partial charge in [-0.05, 0) is 30.7 Å². The summed E-state index contributed by atoms with van der Waals surface area (Å²) in [5, 5.41) is 4.18. The first-order valence-corrected chi connectivity index (χ1v) is 8.62. The zero-order valence-corrected chi connectivity index (χ0v) is 14.5. The number of carbonyl (C=O) groups is 1. The Labute approximate surface area is 151 Å². The number of hydrogen-bond acceptors (Lipinski definition) is 6. The largest absolute Gasteiger partial charge is 0.361 e. The lowest BCUT2D eigenvalue weighted by Gasteiger charge is -2.18. The molecule has 0 fully saturated rings. The number of thiazole rings is 1. The molecule has 26 heavy (non-hydrogen) atoms. The van der Waals surface area contributed by atoms with Gasteiger partial charge in [0.05, 0.1) is 11.2 Å². The molecule has 130 valence electrons. The van der Waals surface area contributed by atoms with Crippen LogP contribution in [0.4, 0.5) is 9.52 Å². The van der Waals surface area contributed by atoms with Crippen LogP contribution in [0.3, 0.4) is 0 Å². The van der Waals surface area contributed by atoms with Crippen LogP contribution in [0.25, 0.3) is 10.2 Å². The topological polar surface area (TPSA) is 72.1 Å². The number of pyridine rings is 1. The van der Waals surface area contributed by atoms with Crippen LogP contribution < -0.4 is 4.90 Å². The molecule has 1 amide bonds. The van der Waals surface area contributed by atoms with E-state index in [-0.39, 0.29) is 23.7 Å². The number of amides is 1. The number of hydrogen-bond donors (Lipinski definition) is 0. The molecule has 0 aliphatic heterocycles. The third-order valence-corrected chi connectivity index (χ3v) is 4.79. The van der Waals surface area contributed by atoms with Crippen LogP contribution in [0, 0.1) is 12.7 Å². The predicted molar refractivity (Wildman–Crippen MR) is 95.6 cm³/mol. The highest BCUT2D eigenvalue weighted by Gasteiger charge is 2.25. The highest BCUT2D eigenvalue weighted by atomic mass is 32.1. The van der Waals surface area contributed by atoms with E-state index >= 15 is 0 Å². The summed E-state index contributed by atoms with van der Waals surface area (Å²) >= 11 is 1.24. The predicted octanol–water partition coefficient (Wildman–Crippen LogP) is 3.97. The Morgan fingerprint density at radius 2 is 2.19 bits per heavy atom. The average molecular weight is 368 g/mol. The molecule has 0 atom stereocenters. The van der Waals surface area contributed by atoms with Gasteiger partial charge >= 0.3 is 0 Å². The summed E-state index contributed by atoms with van der Waals surface area (Å²) in [5.74, 6) is -0.258. The van der Waals surface area contributed by atoms with E-state index in [1.807, 2.05) is 6.07 Å².